The van der Waals surface area contributed by atoms with Gasteiger partial charge in [-0.2, -0.15) is 5.10 Å². The maximum absolute atomic E-state index is 13.7. The molecule has 0 N–H and O–H groups in total. The van der Waals surface area contributed by atoms with E-state index in [1.54, 1.807) is 37.3 Å². The zero-order valence-corrected chi connectivity index (χ0v) is 20.0. The number of Topliss-reactive ketones (excluding diaryl/α,β-unsaturated/α-hetero) is 1. The molecule has 1 saturated carbocycles. The van der Waals surface area contributed by atoms with Crippen molar-refractivity contribution < 1.29 is 31.1 Å². The van der Waals surface area contributed by atoms with Crippen molar-refractivity contribution >= 4 is 26.7 Å². The van der Waals surface area contributed by atoms with Crippen LogP contribution in [0.1, 0.15) is 49.5 Å². The smallest absolute Gasteiger partial charge is 0.252 e. The largest absolute Gasteiger partial charge is 0.461 e. The number of ether oxygens (including phenoxy) is 1. The molecule has 1 aromatic carbocycles. The van der Waals surface area contributed by atoms with Crippen molar-refractivity contribution in [1.29, 1.82) is 0 Å². The Morgan fingerprint density at radius 3 is 2.60 bits per heavy atom. The topological polar surface area (TPSA) is 91.2 Å². The number of pyridine rings is 1. The summed E-state index contributed by atoms with van der Waals surface area (Å²) in [6.07, 6.45) is -0.825. The second kappa shape index (κ2) is 8.04. The zero-order chi connectivity index (χ0) is 25.2. The summed E-state index contributed by atoms with van der Waals surface area (Å²) in [4.78, 5) is 17.4. The summed E-state index contributed by atoms with van der Waals surface area (Å²) in [7, 11) is -3.10. The highest BCUT2D eigenvalue weighted by Crippen LogP contribution is 2.47. The van der Waals surface area contributed by atoms with Crippen molar-refractivity contribution in [3.63, 3.8) is 0 Å². The molecule has 0 amide bonds. The minimum atomic E-state index is -3.10. The Hall–Kier alpha value is -2.95. The van der Waals surface area contributed by atoms with Gasteiger partial charge < -0.3 is 4.74 Å². The lowest BCUT2D eigenvalue weighted by atomic mass is 9.86. The van der Waals surface area contributed by atoms with Crippen LogP contribution in [0.2, 0.25) is 0 Å². The predicted molar refractivity (Wildman–Crippen MR) is 123 cm³/mol. The van der Waals surface area contributed by atoms with Crippen LogP contribution in [-0.2, 0) is 9.84 Å². The van der Waals surface area contributed by atoms with Gasteiger partial charge in [0.2, 0.25) is 6.36 Å². The number of alkyl halides is 3. The molecule has 1 saturated heterocycles. The van der Waals surface area contributed by atoms with Crippen LogP contribution in [0, 0.1) is 5.41 Å². The van der Waals surface area contributed by atoms with Crippen LogP contribution in [0.4, 0.5) is 13.2 Å². The first-order valence-corrected chi connectivity index (χ1v) is 13.1. The molecular weight excluding hydrogens is 483 g/mol. The zero-order valence-electron chi connectivity index (χ0n) is 19.2. The molecule has 1 aliphatic heterocycles. The predicted octanol–water partition coefficient (Wildman–Crippen LogP) is 4.77. The van der Waals surface area contributed by atoms with Crippen LogP contribution in [0.15, 0.2) is 36.5 Å². The molecule has 5 rings (SSSR count). The van der Waals surface area contributed by atoms with Gasteiger partial charge in [0.05, 0.1) is 23.1 Å². The monoisotopic (exact) mass is 507 g/mol. The van der Waals surface area contributed by atoms with Crippen molar-refractivity contribution in [3.8, 4) is 17.0 Å². The van der Waals surface area contributed by atoms with E-state index in [4.69, 9.17) is 4.74 Å². The average molecular weight is 508 g/mol. The maximum Gasteiger partial charge on any atom is 0.252 e. The quantitative estimate of drug-likeness (QED) is 0.428. The van der Waals surface area contributed by atoms with Crippen LogP contribution < -0.4 is 4.74 Å². The molecule has 11 heteroatoms. The number of halogens is 3. The third-order valence-electron chi connectivity index (χ3n) is 6.41. The van der Waals surface area contributed by atoms with Crippen molar-refractivity contribution in [2.24, 2.45) is 5.41 Å². The van der Waals surface area contributed by atoms with E-state index in [2.05, 4.69) is 10.1 Å². The number of carbonyl (C=O) groups excluding carboxylic acids is 1. The van der Waals surface area contributed by atoms with Gasteiger partial charge in [-0.1, -0.05) is 19.1 Å². The van der Waals surface area contributed by atoms with Crippen molar-refractivity contribution in [2.45, 2.75) is 51.4 Å². The van der Waals surface area contributed by atoms with Gasteiger partial charge in [0.15, 0.2) is 15.6 Å². The normalized spacial score (nSPS) is 21.2. The van der Waals surface area contributed by atoms with Gasteiger partial charge in [-0.15, -0.1) is 0 Å². The first-order valence-electron chi connectivity index (χ1n) is 11.2. The molecule has 3 heterocycles. The number of benzene rings is 1. The van der Waals surface area contributed by atoms with E-state index in [0.29, 0.717) is 22.3 Å². The van der Waals surface area contributed by atoms with E-state index in [-0.39, 0.29) is 47.9 Å². The molecule has 186 valence electrons. The Morgan fingerprint density at radius 2 is 1.97 bits per heavy atom. The Kier molecular flexibility index (Phi) is 5.46. The van der Waals surface area contributed by atoms with Crippen LogP contribution >= 0.6 is 0 Å². The van der Waals surface area contributed by atoms with E-state index in [9.17, 15) is 26.4 Å². The standard InChI is InChI=1S/C24H24F3N3O4S/c1-14(25)34-18-5-3-4-15(6-18)21-22-19(30(29-21)17-8-24(26,27)9-17)7-16(11-28-22)20(31)10-23(2)12-35(32,33)13-23/h3-7,11,14,17H,8-10,12-13H2,1-2H3. The molecular formula is C24H24F3N3O4S. The molecule has 7 nitrogen and oxygen atoms in total. The van der Waals surface area contributed by atoms with E-state index < -0.39 is 33.6 Å². The summed E-state index contributed by atoms with van der Waals surface area (Å²) in [5, 5.41) is 4.57. The summed E-state index contributed by atoms with van der Waals surface area (Å²) >= 11 is 0. The lowest BCUT2D eigenvalue weighted by Crippen LogP contribution is -2.47. The minimum Gasteiger partial charge on any atom is -0.461 e. The summed E-state index contributed by atoms with van der Waals surface area (Å²) < 4.78 is 70.5. The Bertz CT molecular complexity index is 1420. The number of hydrogen-bond acceptors (Lipinski definition) is 6. The number of rotatable bonds is 7. The summed E-state index contributed by atoms with van der Waals surface area (Å²) in [6.45, 7) is 3.01. The molecule has 2 aromatic heterocycles. The third-order valence-corrected chi connectivity index (χ3v) is 8.69. The number of hydrogen-bond donors (Lipinski definition) is 0. The Balaban J connectivity index is 1.53. The van der Waals surface area contributed by atoms with Crippen LogP contribution in [0.5, 0.6) is 5.75 Å². The number of nitrogens with zero attached hydrogens (tertiary/aromatic N) is 3. The Labute approximate surface area is 200 Å². The van der Waals surface area contributed by atoms with Gasteiger partial charge in [-0.3, -0.25) is 14.5 Å². The highest BCUT2D eigenvalue weighted by molar-refractivity contribution is 7.92. The van der Waals surface area contributed by atoms with E-state index in [1.807, 2.05) is 0 Å². The summed E-state index contributed by atoms with van der Waals surface area (Å²) in [5.74, 6) is -2.85. The molecule has 0 bridgehead atoms. The lowest BCUT2D eigenvalue weighted by Gasteiger charge is -2.37. The van der Waals surface area contributed by atoms with Gasteiger partial charge >= 0.3 is 0 Å². The maximum atomic E-state index is 13.7. The molecule has 1 atom stereocenters. The van der Waals surface area contributed by atoms with Gasteiger partial charge in [-0.05, 0) is 18.2 Å². The third kappa shape index (κ3) is 4.65. The van der Waals surface area contributed by atoms with Gasteiger partial charge in [0.1, 0.15) is 17.0 Å². The van der Waals surface area contributed by atoms with Crippen molar-refractivity contribution in [1.82, 2.24) is 14.8 Å². The van der Waals surface area contributed by atoms with E-state index in [0.717, 1.165) is 0 Å². The molecule has 2 aliphatic rings. The fourth-order valence-corrected chi connectivity index (χ4v) is 7.21. The number of carbonyl (C=O) groups is 1. The lowest BCUT2D eigenvalue weighted by molar-refractivity contribution is -0.105. The van der Waals surface area contributed by atoms with Gasteiger partial charge in [-0.25, -0.2) is 21.6 Å². The number of sulfone groups is 1. The first-order chi connectivity index (χ1) is 16.3. The molecule has 35 heavy (non-hydrogen) atoms. The van der Waals surface area contributed by atoms with E-state index >= 15 is 0 Å². The summed E-state index contributed by atoms with van der Waals surface area (Å²) in [6, 6.07) is 7.61. The molecule has 1 unspecified atom stereocenters. The highest BCUT2D eigenvalue weighted by Gasteiger charge is 2.48. The minimum absolute atomic E-state index is 0.0444. The molecule has 2 fully saturated rings. The van der Waals surface area contributed by atoms with Crippen molar-refractivity contribution in [2.75, 3.05) is 11.5 Å². The fraction of sp³-hybridized carbons (Fsp3) is 0.458. The Morgan fingerprint density at radius 1 is 1.26 bits per heavy atom. The molecule has 1 aliphatic carbocycles. The molecule has 3 aromatic rings. The number of aromatic nitrogens is 3. The molecule has 0 spiro atoms. The van der Waals surface area contributed by atoms with Gasteiger partial charge in [0, 0.05) is 48.9 Å². The van der Waals surface area contributed by atoms with Crippen LogP contribution in [0.3, 0.4) is 0 Å². The fourth-order valence-electron chi connectivity index (χ4n) is 4.96. The van der Waals surface area contributed by atoms with Crippen LogP contribution in [-0.4, -0.2) is 52.8 Å². The molecule has 0 radical (unpaired) electrons. The van der Waals surface area contributed by atoms with Crippen molar-refractivity contribution in [3.05, 3.63) is 42.1 Å². The average Bonchev–Trinajstić information content (AvgIpc) is 3.08. The van der Waals surface area contributed by atoms with E-state index in [1.165, 1.54) is 17.8 Å². The number of ketones is 1. The highest BCUT2D eigenvalue weighted by atomic mass is 32.2. The first kappa shape index (κ1) is 23.8. The number of fused-ring (bicyclic) bond motifs is 1. The second-order valence-electron chi connectivity index (χ2n) is 9.93. The SMILES string of the molecule is CC(F)Oc1cccc(-c2nn(C3CC(F)(F)C3)c3cc(C(=O)CC4(C)CS(=O)(=O)C4)cnc23)c1. The summed E-state index contributed by atoms with van der Waals surface area (Å²) in [5.41, 5.74) is 1.47. The van der Waals surface area contributed by atoms with Gasteiger partial charge in [0.25, 0.3) is 5.92 Å². The van der Waals surface area contributed by atoms with Crippen LogP contribution in [0.25, 0.3) is 22.3 Å². The second-order valence-corrected chi connectivity index (χ2v) is 12.0.